The van der Waals surface area contributed by atoms with Crippen molar-refractivity contribution in [2.75, 3.05) is 6.61 Å². The summed E-state index contributed by atoms with van der Waals surface area (Å²) in [6.07, 6.45) is 0.244. The molecule has 0 bridgehead atoms. The van der Waals surface area contributed by atoms with E-state index < -0.39 is 6.10 Å². The Bertz CT molecular complexity index is 431. The van der Waals surface area contributed by atoms with Crippen molar-refractivity contribution < 1.29 is 14.3 Å². The van der Waals surface area contributed by atoms with E-state index in [2.05, 4.69) is 15.9 Å². The SMILES string of the molecule is CCOC(=O)C1O[C@H](C)Cc2c(Br)cccc21. The molecule has 0 saturated carbocycles. The molecule has 0 spiro atoms. The number of esters is 1. The third kappa shape index (κ3) is 2.53. The predicted octanol–water partition coefficient (Wildman–Crippen LogP) is 3.01. The molecule has 1 unspecified atom stereocenters. The van der Waals surface area contributed by atoms with Gasteiger partial charge in [0.1, 0.15) is 0 Å². The lowest BCUT2D eigenvalue weighted by Gasteiger charge is -2.29. The second-order valence-electron chi connectivity index (χ2n) is 4.09. The lowest BCUT2D eigenvalue weighted by Crippen LogP contribution is -2.30. The maximum absolute atomic E-state index is 11.9. The Kier molecular flexibility index (Phi) is 3.84. The Hall–Kier alpha value is -0.870. The number of fused-ring (bicyclic) bond motifs is 1. The van der Waals surface area contributed by atoms with Crippen LogP contribution in [0.5, 0.6) is 0 Å². The Morgan fingerprint density at radius 1 is 1.59 bits per heavy atom. The van der Waals surface area contributed by atoms with E-state index in [1.54, 1.807) is 6.92 Å². The standard InChI is InChI=1S/C13H15BrO3/c1-3-16-13(15)12-9-5-4-6-11(14)10(9)7-8(2)17-12/h4-6,8,12H,3,7H2,1-2H3/t8-,12?/m1/s1. The van der Waals surface area contributed by atoms with Crippen LogP contribution in [0.1, 0.15) is 31.1 Å². The molecule has 1 heterocycles. The number of benzene rings is 1. The van der Waals surface area contributed by atoms with E-state index in [0.717, 1.165) is 22.0 Å². The van der Waals surface area contributed by atoms with Gasteiger partial charge in [0.05, 0.1) is 12.7 Å². The molecule has 3 nitrogen and oxygen atoms in total. The Morgan fingerprint density at radius 3 is 3.06 bits per heavy atom. The minimum Gasteiger partial charge on any atom is -0.464 e. The van der Waals surface area contributed by atoms with Gasteiger partial charge in [-0.15, -0.1) is 0 Å². The highest BCUT2D eigenvalue weighted by atomic mass is 79.9. The summed E-state index contributed by atoms with van der Waals surface area (Å²) >= 11 is 3.52. The topological polar surface area (TPSA) is 35.5 Å². The minimum absolute atomic E-state index is 0.0237. The van der Waals surface area contributed by atoms with Crippen molar-refractivity contribution in [1.29, 1.82) is 0 Å². The summed E-state index contributed by atoms with van der Waals surface area (Å²) in [6.45, 7) is 4.14. The summed E-state index contributed by atoms with van der Waals surface area (Å²) in [5.41, 5.74) is 2.06. The lowest BCUT2D eigenvalue weighted by molar-refractivity contribution is -0.162. The van der Waals surface area contributed by atoms with Gasteiger partial charge in [-0.1, -0.05) is 28.1 Å². The van der Waals surface area contributed by atoms with E-state index in [9.17, 15) is 4.79 Å². The number of ether oxygens (including phenoxy) is 2. The van der Waals surface area contributed by atoms with Gasteiger partial charge in [-0.3, -0.25) is 0 Å². The molecule has 17 heavy (non-hydrogen) atoms. The van der Waals surface area contributed by atoms with Crippen LogP contribution < -0.4 is 0 Å². The van der Waals surface area contributed by atoms with Crippen LogP contribution in [0.2, 0.25) is 0 Å². The zero-order valence-electron chi connectivity index (χ0n) is 9.90. The summed E-state index contributed by atoms with van der Waals surface area (Å²) < 4.78 is 11.8. The van der Waals surface area contributed by atoms with E-state index >= 15 is 0 Å². The van der Waals surface area contributed by atoms with Crippen LogP contribution in [0, 0.1) is 0 Å². The summed E-state index contributed by atoms with van der Waals surface area (Å²) in [7, 11) is 0. The van der Waals surface area contributed by atoms with Crippen molar-refractivity contribution >= 4 is 21.9 Å². The molecular weight excluding hydrogens is 284 g/mol. The van der Waals surface area contributed by atoms with Crippen molar-refractivity contribution in [3.63, 3.8) is 0 Å². The Balaban J connectivity index is 2.37. The molecule has 1 aliphatic heterocycles. The second-order valence-corrected chi connectivity index (χ2v) is 4.94. The Labute approximate surface area is 109 Å². The zero-order valence-corrected chi connectivity index (χ0v) is 11.5. The molecule has 0 amide bonds. The van der Waals surface area contributed by atoms with Crippen LogP contribution in [0.15, 0.2) is 22.7 Å². The molecule has 0 saturated heterocycles. The number of rotatable bonds is 2. The van der Waals surface area contributed by atoms with Crippen molar-refractivity contribution in [2.24, 2.45) is 0 Å². The highest BCUT2D eigenvalue weighted by molar-refractivity contribution is 9.10. The molecule has 0 aromatic heterocycles. The van der Waals surface area contributed by atoms with Crippen molar-refractivity contribution in [1.82, 2.24) is 0 Å². The molecule has 4 heteroatoms. The molecule has 1 aromatic rings. The van der Waals surface area contributed by atoms with Crippen LogP contribution in [-0.2, 0) is 20.7 Å². The number of hydrogen-bond acceptors (Lipinski definition) is 3. The van der Waals surface area contributed by atoms with E-state index in [-0.39, 0.29) is 12.1 Å². The highest BCUT2D eigenvalue weighted by Crippen LogP contribution is 2.35. The van der Waals surface area contributed by atoms with E-state index in [1.165, 1.54) is 0 Å². The van der Waals surface area contributed by atoms with Crippen molar-refractivity contribution in [3.8, 4) is 0 Å². The third-order valence-electron chi connectivity index (χ3n) is 2.80. The van der Waals surface area contributed by atoms with Crippen LogP contribution in [0.3, 0.4) is 0 Å². The first-order valence-corrected chi connectivity index (χ1v) is 6.52. The van der Waals surface area contributed by atoms with Gasteiger partial charge in [-0.25, -0.2) is 4.79 Å². The van der Waals surface area contributed by atoms with Gasteiger partial charge >= 0.3 is 5.97 Å². The fraction of sp³-hybridized carbons (Fsp3) is 0.462. The molecular formula is C13H15BrO3. The van der Waals surface area contributed by atoms with Crippen LogP contribution in [0.25, 0.3) is 0 Å². The van der Waals surface area contributed by atoms with Gasteiger partial charge in [-0.05, 0) is 37.5 Å². The van der Waals surface area contributed by atoms with Gasteiger partial charge in [0.2, 0.25) is 0 Å². The summed E-state index contributed by atoms with van der Waals surface area (Å²) in [6, 6.07) is 5.82. The summed E-state index contributed by atoms with van der Waals surface area (Å²) in [5.74, 6) is -0.307. The predicted molar refractivity (Wildman–Crippen MR) is 67.8 cm³/mol. The average Bonchev–Trinajstić information content (AvgIpc) is 2.30. The summed E-state index contributed by atoms with van der Waals surface area (Å²) in [5, 5.41) is 0. The maximum atomic E-state index is 11.9. The maximum Gasteiger partial charge on any atom is 0.339 e. The molecule has 1 aliphatic rings. The first-order chi connectivity index (χ1) is 8.13. The number of halogens is 1. The first-order valence-electron chi connectivity index (χ1n) is 5.72. The van der Waals surface area contributed by atoms with E-state index in [0.29, 0.717) is 6.61 Å². The zero-order chi connectivity index (χ0) is 12.4. The molecule has 0 fully saturated rings. The normalized spacial score (nSPS) is 23.0. The molecule has 0 aliphatic carbocycles. The highest BCUT2D eigenvalue weighted by Gasteiger charge is 2.32. The molecule has 2 rings (SSSR count). The smallest absolute Gasteiger partial charge is 0.339 e. The van der Waals surface area contributed by atoms with Crippen LogP contribution in [-0.4, -0.2) is 18.7 Å². The summed E-state index contributed by atoms with van der Waals surface area (Å²) in [4.78, 5) is 11.9. The second kappa shape index (κ2) is 5.19. The van der Waals surface area contributed by atoms with Gasteiger partial charge in [-0.2, -0.15) is 0 Å². The van der Waals surface area contributed by atoms with Gasteiger partial charge in [0.25, 0.3) is 0 Å². The molecule has 0 radical (unpaired) electrons. The monoisotopic (exact) mass is 298 g/mol. The van der Waals surface area contributed by atoms with Gasteiger partial charge < -0.3 is 9.47 Å². The molecule has 0 N–H and O–H groups in total. The van der Waals surface area contributed by atoms with Gasteiger partial charge in [0, 0.05) is 4.47 Å². The molecule has 2 atom stereocenters. The van der Waals surface area contributed by atoms with Crippen LogP contribution >= 0.6 is 15.9 Å². The lowest BCUT2D eigenvalue weighted by atomic mass is 9.95. The van der Waals surface area contributed by atoms with E-state index in [4.69, 9.17) is 9.47 Å². The fourth-order valence-corrected chi connectivity index (χ4v) is 2.62. The van der Waals surface area contributed by atoms with Crippen LogP contribution in [0.4, 0.5) is 0 Å². The largest absolute Gasteiger partial charge is 0.464 e. The number of hydrogen-bond donors (Lipinski definition) is 0. The quantitative estimate of drug-likeness (QED) is 0.788. The van der Waals surface area contributed by atoms with Gasteiger partial charge in [0.15, 0.2) is 6.10 Å². The number of carbonyl (C=O) groups excluding carboxylic acids is 1. The fourth-order valence-electron chi connectivity index (χ4n) is 2.08. The molecule has 92 valence electrons. The molecule has 1 aromatic carbocycles. The number of carbonyl (C=O) groups is 1. The average molecular weight is 299 g/mol. The Morgan fingerprint density at radius 2 is 2.35 bits per heavy atom. The minimum atomic E-state index is -0.591. The van der Waals surface area contributed by atoms with E-state index in [1.807, 2.05) is 25.1 Å². The van der Waals surface area contributed by atoms with Crippen molar-refractivity contribution in [2.45, 2.75) is 32.5 Å². The van der Waals surface area contributed by atoms with Crippen molar-refractivity contribution in [3.05, 3.63) is 33.8 Å². The third-order valence-corrected chi connectivity index (χ3v) is 3.54. The first kappa shape index (κ1) is 12.6.